The fourth-order valence-corrected chi connectivity index (χ4v) is 3.11. The molecule has 1 N–H and O–H groups in total. The zero-order valence-electron chi connectivity index (χ0n) is 14.7. The molecule has 1 nitrogen and oxygen atoms in total. The molecule has 0 aromatic heterocycles. The lowest BCUT2D eigenvalue weighted by Crippen LogP contribution is -2.18. The van der Waals surface area contributed by atoms with E-state index in [4.69, 9.17) is 0 Å². The maximum atomic E-state index is 3.55. The van der Waals surface area contributed by atoms with Gasteiger partial charge in [0.15, 0.2) is 0 Å². The highest BCUT2D eigenvalue weighted by Gasteiger charge is 2.09. The predicted octanol–water partition coefficient (Wildman–Crippen LogP) is 5.39. The zero-order valence-corrected chi connectivity index (χ0v) is 15.7. The van der Waals surface area contributed by atoms with Crippen LogP contribution in [0.4, 0.5) is 0 Å². The highest BCUT2D eigenvalue weighted by molar-refractivity contribution is 6.76. The smallest absolute Gasteiger partial charge is 0.0573 e. The van der Waals surface area contributed by atoms with E-state index >= 15 is 0 Å². The molecule has 23 heavy (non-hydrogen) atoms. The SMILES string of the molecule is C[C@@H](NCC=CC#CC[Si](C)(C)C)c1cccc2ccccc12. The zero-order chi connectivity index (χ0) is 16.7. The Morgan fingerprint density at radius 3 is 2.61 bits per heavy atom. The molecule has 0 saturated carbocycles. The lowest BCUT2D eigenvalue weighted by molar-refractivity contribution is 0.621. The second-order valence-electron chi connectivity index (χ2n) is 7.16. The fraction of sp³-hybridized carbons (Fsp3) is 0.333. The summed E-state index contributed by atoms with van der Waals surface area (Å²) >= 11 is 0. The Bertz CT molecular complexity index is 723. The maximum absolute atomic E-state index is 3.55. The lowest BCUT2D eigenvalue weighted by Gasteiger charge is -2.15. The van der Waals surface area contributed by atoms with Gasteiger partial charge in [0.2, 0.25) is 0 Å². The number of fused-ring (bicyclic) bond motifs is 1. The van der Waals surface area contributed by atoms with E-state index in [1.165, 1.54) is 16.3 Å². The Morgan fingerprint density at radius 1 is 1.09 bits per heavy atom. The fourth-order valence-electron chi connectivity index (χ4n) is 2.48. The van der Waals surface area contributed by atoms with Gasteiger partial charge in [-0.3, -0.25) is 0 Å². The molecule has 2 rings (SSSR count). The monoisotopic (exact) mass is 321 g/mol. The van der Waals surface area contributed by atoms with Gasteiger partial charge in [-0.15, -0.1) is 5.92 Å². The van der Waals surface area contributed by atoms with Gasteiger partial charge in [0.25, 0.3) is 0 Å². The summed E-state index contributed by atoms with van der Waals surface area (Å²) in [4.78, 5) is 0. The third-order valence-electron chi connectivity index (χ3n) is 3.75. The number of benzene rings is 2. The summed E-state index contributed by atoms with van der Waals surface area (Å²) < 4.78 is 0. The van der Waals surface area contributed by atoms with Gasteiger partial charge in [-0.2, -0.15) is 0 Å². The van der Waals surface area contributed by atoms with Gasteiger partial charge >= 0.3 is 0 Å². The largest absolute Gasteiger partial charge is 0.307 e. The molecule has 0 spiro atoms. The maximum Gasteiger partial charge on any atom is 0.0573 e. The Balaban J connectivity index is 1.91. The minimum Gasteiger partial charge on any atom is -0.307 e. The van der Waals surface area contributed by atoms with Crippen LogP contribution in [0.5, 0.6) is 0 Å². The van der Waals surface area contributed by atoms with Gasteiger partial charge in [-0.05, 0) is 29.3 Å². The molecule has 0 amide bonds. The normalized spacial score (nSPS) is 13.0. The van der Waals surface area contributed by atoms with Crippen molar-refractivity contribution in [3.63, 3.8) is 0 Å². The van der Waals surface area contributed by atoms with Crippen LogP contribution < -0.4 is 5.32 Å². The van der Waals surface area contributed by atoms with Crippen LogP contribution in [0.3, 0.4) is 0 Å². The van der Waals surface area contributed by atoms with Crippen molar-refractivity contribution in [3.05, 3.63) is 60.2 Å². The first-order chi connectivity index (χ1) is 11.0. The summed E-state index contributed by atoms with van der Waals surface area (Å²) in [6, 6.07) is 16.4. The number of hydrogen-bond donors (Lipinski definition) is 1. The van der Waals surface area contributed by atoms with Gasteiger partial charge in [0, 0.05) is 18.6 Å². The number of rotatable bonds is 5. The van der Waals surface area contributed by atoms with E-state index in [1.54, 1.807) is 0 Å². The van der Waals surface area contributed by atoms with Crippen molar-refractivity contribution in [1.29, 1.82) is 0 Å². The molecule has 120 valence electrons. The molecular formula is C21H27NSi. The standard InChI is InChI=1S/C21H27NSi/c1-18(22-16-9-5-6-10-17-23(2,3)4)20-15-11-13-19-12-7-8-14-21(19)20/h5,7-9,11-15,18,22H,16-17H2,1-4H3/t18-/m1/s1. The van der Waals surface area contributed by atoms with Crippen LogP contribution in [0.15, 0.2) is 54.6 Å². The van der Waals surface area contributed by atoms with Crippen LogP contribution in [0.2, 0.25) is 25.7 Å². The first-order valence-corrected chi connectivity index (χ1v) is 12.0. The second kappa shape index (κ2) is 8.15. The minimum atomic E-state index is -1.04. The van der Waals surface area contributed by atoms with Gasteiger partial charge in [-0.1, -0.05) is 74.1 Å². The molecule has 2 aromatic rings. The molecule has 0 unspecified atom stereocenters. The second-order valence-corrected chi connectivity index (χ2v) is 12.6. The van der Waals surface area contributed by atoms with Crippen molar-refractivity contribution in [2.24, 2.45) is 0 Å². The summed E-state index contributed by atoms with van der Waals surface area (Å²) in [6.45, 7) is 10.1. The summed E-state index contributed by atoms with van der Waals surface area (Å²) in [5, 5.41) is 6.18. The highest BCUT2D eigenvalue weighted by Crippen LogP contribution is 2.23. The average Bonchev–Trinajstić information content (AvgIpc) is 2.52. The Morgan fingerprint density at radius 2 is 1.83 bits per heavy atom. The van der Waals surface area contributed by atoms with Crippen molar-refractivity contribution in [1.82, 2.24) is 5.32 Å². The lowest BCUT2D eigenvalue weighted by atomic mass is 10.00. The highest BCUT2D eigenvalue weighted by atomic mass is 28.3. The summed E-state index contributed by atoms with van der Waals surface area (Å²) in [5.41, 5.74) is 1.35. The van der Waals surface area contributed by atoms with E-state index in [9.17, 15) is 0 Å². The van der Waals surface area contributed by atoms with Crippen molar-refractivity contribution >= 4 is 18.8 Å². The first-order valence-electron chi connectivity index (χ1n) is 8.32. The van der Waals surface area contributed by atoms with E-state index in [-0.39, 0.29) is 0 Å². The molecule has 0 fully saturated rings. The molecule has 2 heteroatoms. The molecule has 0 aliphatic carbocycles. The third kappa shape index (κ3) is 5.71. The summed E-state index contributed by atoms with van der Waals surface area (Å²) in [6.07, 6.45) is 4.09. The van der Waals surface area contributed by atoms with Gasteiger partial charge in [0.1, 0.15) is 0 Å². The van der Waals surface area contributed by atoms with E-state index in [0.29, 0.717) is 6.04 Å². The third-order valence-corrected chi connectivity index (χ3v) is 4.99. The summed E-state index contributed by atoms with van der Waals surface area (Å²) in [7, 11) is -1.04. The van der Waals surface area contributed by atoms with Gasteiger partial charge < -0.3 is 5.32 Å². The minimum absolute atomic E-state index is 0.320. The molecule has 0 aliphatic heterocycles. The molecule has 0 radical (unpaired) electrons. The van der Waals surface area contributed by atoms with Crippen LogP contribution in [-0.4, -0.2) is 14.6 Å². The van der Waals surface area contributed by atoms with E-state index in [2.05, 4.69) is 92.3 Å². The van der Waals surface area contributed by atoms with Crippen LogP contribution in [-0.2, 0) is 0 Å². The molecular weight excluding hydrogens is 294 g/mol. The van der Waals surface area contributed by atoms with Gasteiger partial charge in [-0.25, -0.2) is 0 Å². The van der Waals surface area contributed by atoms with Crippen molar-refractivity contribution in [2.45, 2.75) is 38.7 Å². The Kier molecular flexibility index (Phi) is 6.21. The summed E-state index contributed by atoms with van der Waals surface area (Å²) in [5.74, 6) is 6.42. The first kappa shape index (κ1) is 17.5. The number of allylic oxidation sites excluding steroid dienone is 1. The van der Waals surface area contributed by atoms with Crippen LogP contribution in [0.25, 0.3) is 10.8 Å². The quantitative estimate of drug-likeness (QED) is 0.575. The van der Waals surface area contributed by atoms with Crippen LogP contribution in [0.1, 0.15) is 18.5 Å². The predicted molar refractivity (Wildman–Crippen MR) is 105 cm³/mol. The topological polar surface area (TPSA) is 12.0 Å². The average molecular weight is 322 g/mol. The van der Waals surface area contributed by atoms with E-state index in [0.717, 1.165) is 12.6 Å². The molecule has 0 bridgehead atoms. The van der Waals surface area contributed by atoms with Crippen molar-refractivity contribution in [2.75, 3.05) is 6.54 Å². The number of nitrogens with one attached hydrogen (secondary N) is 1. The van der Waals surface area contributed by atoms with E-state index in [1.807, 2.05) is 6.08 Å². The molecule has 2 aromatic carbocycles. The Labute approximate surface area is 141 Å². The molecule has 1 atom stereocenters. The van der Waals surface area contributed by atoms with Crippen molar-refractivity contribution in [3.8, 4) is 11.8 Å². The molecule has 0 heterocycles. The molecule has 0 saturated heterocycles. The Hall–Kier alpha value is -1.82. The molecule has 0 aliphatic rings. The van der Waals surface area contributed by atoms with Gasteiger partial charge in [0.05, 0.1) is 8.07 Å². The van der Waals surface area contributed by atoms with Crippen molar-refractivity contribution < 1.29 is 0 Å². The van der Waals surface area contributed by atoms with Crippen LogP contribution in [0, 0.1) is 11.8 Å². The number of hydrogen-bond acceptors (Lipinski definition) is 1. The van der Waals surface area contributed by atoms with E-state index < -0.39 is 8.07 Å². The van der Waals surface area contributed by atoms with Crippen LogP contribution >= 0.6 is 0 Å².